The maximum absolute atomic E-state index is 6.16. The van der Waals surface area contributed by atoms with Crippen LogP contribution >= 0.6 is 12.2 Å². The van der Waals surface area contributed by atoms with E-state index in [1.54, 1.807) is 0 Å². The molecular formula is C11H14N2S. The van der Waals surface area contributed by atoms with Gasteiger partial charge in [0.05, 0.1) is 4.99 Å². The fourth-order valence-electron chi connectivity index (χ4n) is 1.86. The molecule has 1 unspecified atom stereocenters. The van der Waals surface area contributed by atoms with Crippen molar-refractivity contribution in [3.63, 3.8) is 0 Å². The van der Waals surface area contributed by atoms with Crippen LogP contribution in [0.5, 0.6) is 0 Å². The Morgan fingerprint density at radius 3 is 2.86 bits per heavy atom. The van der Waals surface area contributed by atoms with Crippen LogP contribution in [0.25, 0.3) is 0 Å². The molecule has 1 aliphatic rings. The Kier molecular flexibility index (Phi) is 2.29. The fourth-order valence-corrected chi connectivity index (χ4v) is 2.29. The number of rotatable bonds is 0. The van der Waals surface area contributed by atoms with Gasteiger partial charge in [-0.1, -0.05) is 30.4 Å². The molecule has 0 spiro atoms. The SMILES string of the molecule is CC1(N)CC(=S)Nc2ccccc2C1. The molecule has 1 atom stereocenters. The van der Waals surface area contributed by atoms with E-state index in [1.165, 1.54) is 5.56 Å². The van der Waals surface area contributed by atoms with Crippen LogP contribution in [-0.4, -0.2) is 10.5 Å². The molecule has 0 saturated carbocycles. The van der Waals surface area contributed by atoms with Crippen molar-refractivity contribution in [1.29, 1.82) is 0 Å². The lowest BCUT2D eigenvalue weighted by Gasteiger charge is -2.21. The average Bonchev–Trinajstić information content (AvgIpc) is 2.16. The lowest BCUT2D eigenvalue weighted by Crippen LogP contribution is -2.39. The predicted molar refractivity (Wildman–Crippen MR) is 63.6 cm³/mol. The molecule has 0 fully saturated rings. The number of benzene rings is 1. The third-order valence-corrected chi connectivity index (χ3v) is 2.70. The lowest BCUT2D eigenvalue weighted by molar-refractivity contribution is 0.490. The molecule has 1 aliphatic heterocycles. The van der Waals surface area contributed by atoms with Crippen molar-refractivity contribution >= 4 is 22.9 Å². The van der Waals surface area contributed by atoms with Gasteiger partial charge < -0.3 is 11.1 Å². The Morgan fingerprint density at radius 1 is 1.36 bits per heavy atom. The Hall–Kier alpha value is -0.930. The summed E-state index contributed by atoms with van der Waals surface area (Å²) in [6, 6.07) is 8.18. The quantitative estimate of drug-likeness (QED) is 0.638. The van der Waals surface area contributed by atoms with E-state index in [2.05, 4.69) is 11.4 Å². The molecule has 1 aromatic rings. The van der Waals surface area contributed by atoms with E-state index in [4.69, 9.17) is 18.0 Å². The van der Waals surface area contributed by atoms with E-state index in [0.29, 0.717) is 0 Å². The smallest absolute Gasteiger partial charge is 0.0815 e. The van der Waals surface area contributed by atoms with Gasteiger partial charge in [0.15, 0.2) is 0 Å². The molecule has 2 nitrogen and oxygen atoms in total. The van der Waals surface area contributed by atoms with Gasteiger partial charge in [-0.25, -0.2) is 0 Å². The predicted octanol–water partition coefficient (Wildman–Crippen LogP) is 2.09. The maximum Gasteiger partial charge on any atom is 0.0815 e. The Labute approximate surface area is 89.5 Å². The molecule has 3 heteroatoms. The van der Waals surface area contributed by atoms with Crippen molar-refractivity contribution in [3.05, 3.63) is 29.8 Å². The van der Waals surface area contributed by atoms with Crippen molar-refractivity contribution < 1.29 is 0 Å². The first-order chi connectivity index (χ1) is 6.57. The molecule has 14 heavy (non-hydrogen) atoms. The number of anilines is 1. The second-order valence-electron chi connectivity index (χ2n) is 4.21. The second-order valence-corrected chi connectivity index (χ2v) is 4.71. The minimum Gasteiger partial charge on any atom is -0.350 e. The molecule has 0 bridgehead atoms. The van der Waals surface area contributed by atoms with Crippen LogP contribution in [0.15, 0.2) is 24.3 Å². The van der Waals surface area contributed by atoms with Gasteiger partial charge in [0.2, 0.25) is 0 Å². The van der Waals surface area contributed by atoms with E-state index in [9.17, 15) is 0 Å². The monoisotopic (exact) mass is 206 g/mol. The minimum atomic E-state index is -0.226. The number of nitrogens with two attached hydrogens (primary N) is 1. The average molecular weight is 206 g/mol. The zero-order valence-electron chi connectivity index (χ0n) is 8.21. The molecule has 2 rings (SSSR count). The summed E-state index contributed by atoms with van der Waals surface area (Å²) in [6.45, 7) is 2.04. The van der Waals surface area contributed by atoms with Crippen LogP contribution in [0.3, 0.4) is 0 Å². The number of hydrogen-bond acceptors (Lipinski definition) is 2. The van der Waals surface area contributed by atoms with Gasteiger partial charge in [-0.2, -0.15) is 0 Å². The summed E-state index contributed by atoms with van der Waals surface area (Å²) in [5.74, 6) is 0. The second kappa shape index (κ2) is 3.33. The summed E-state index contributed by atoms with van der Waals surface area (Å²) in [5, 5.41) is 3.23. The van der Waals surface area contributed by atoms with E-state index < -0.39 is 0 Å². The normalized spacial score (nSPS) is 26.3. The van der Waals surface area contributed by atoms with Crippen LogP contribution in [0, 0.1) is 0 Å². The molecule has 0 amide bonds. The third-order valence-electron chi connectivity index (χ3n) is 2.45. The molecule has 0 saturated heterocycles. The van der Waals surface area contributed by atoms with Crippen molar-refractivity contribution in [2.24, 2.45) is 5.73 Å². The highest BCUT2D eigenvalue weighted by molar-refractivity contribution is 7.80. The maximum atomic E-state index is 6.16. The zero-order chi connectivity index (χ0) is 10.2. The van der Waals surface area contributed by atoms with Crippen LogP contribution < -0.4 is 11.1 Å². The Bertz CT molecular complexity index is 371. The van der Waals surface area contributed by atoms with Crippen LogP contribution in [0.4, 0.5) is 5.69 Å². The van der Waals surface area contributed by atoms with Gasteiger partial charge in [0.25, 0.3) is 0 Å². The van der Waals surface area contributed by atoms with Gasteiger partial charge in [-0.3, -0.25) is 0 Å². The Balaban J connectivity index is 2.42. The first kappa shape index (κ1) is 9.62. The molecule has 1 aromatic carbocycles. The minimum absolute atomic E-state index is 0.226. The fraction of sp³-hybridized carbons (Fsp3) is 0.364. The molecule has 0 radical (unpaired) electrons. The largest absolute Gasteiger partial charge is 0.350 e. The van der Waals surface area contributed by atoms with Gasteiger partial charge in [0.1, 0.15) is 0 Å². The third kappa shape index (κ3) is 1.94. The zero-order valence-corrected chi connectivity index (χ0v) is 9.03. The summed E-state index contributed by atoms with van der Waals surface area (Å²) >= 11 is 5.23. The van der Waals surface area contributed by atoms with Crippen LogP contribution in [-0.2, 0) is 6.42 Å². The highest BCUT2D eigenvalue weighted by Crippen LogP contribution is 2.26. The topological polar surface area (TPSA) is 38.0 Å². The first-order valence-electron chi connectivity index (χ1n) is 4.73. The Morgan fingerprint density at radius 2 is 2.07 bits per heavy atom. The van der Waals surface area contributed by atoms with Crippen molar-refractivity contribution in [1.82, 2.24) is 0 Å². The molecule has 1 heterocycles. The number of nitrogens with one attached hydrogen (secondary N) is 1. The summed E-state index contributed by atoms with van der Waals surface area (Å²) in [6.07, 6.45) is 1.62. The molecule has 3 N–H and O–H groups in total. The van der Waals surface area contributed by atoms with Crippen LogP contribution in [0.1, 0.15) is 18.9 Å². The highest BCUT2D eigenvalue weighted by Gasteiger charge is 2.25. The van der Waals surface area contributed by atoms with Crippen molar-refractivity contribution in [3.8, 4) is 0 Å². The number of fused-ring (bicyclic) bond motifs is 1. The lowest BCUT2D eigenvalue weighted by atomic mass is 9.91. The van der Waals surface area contributed by atoms with Gasteiger partial charge >= 0.3 is 0 Å². The number of hydrogen-bond donors (Lipinski definition) is 2. The summed E-state index contributed by atoms with van der Waals surface area (Å²) in [7, 11) is 0. The van der Waals surface area contributed by atoms with E-state index in [-0.39, 0.29) is 5.54 Å². The summed E-state index contributed by atoms with van der Waals surface area (Å²) in [4.78, 5) is 0.833. The molecule has 0 aromatic heterocycles. The van der Waals surface area contributed by atoms with Gasteiger partial charge in [0, 0.05) is 17.6 Å². The van der Waals surface area contributed by atoms with Crippen LogP contribution in [0.2, 0.25) is 0 Å². The molecular weight excluding hydrogens is 192 g/mol. The van der Waals surface area contributed by atoms with E-state index >= 15 is 0 Å². The molecule has 0 aliphatic carbocycles. The van der Waals surface area contributed by atoms with Crippen molar-refractivity contribution in [2.75, 3.05) is 5.32 Å². The standard InChI is InChI=1S/C11H14N2S/c1-11(12)6-8-4-2-3-5-9(8)13-10(14)7-11/h2-5H,6-7,12H2,1H3,(H,13,14). The number of thiocarbonyl (C=S) groups is 1. The summed E-state index contributed by atoms with van der Waals surface area (Å²) < 4.78 is 0. The number of para-hydroxylation sites is 1. The van der Waals surface area contributed by atoms with Gasteiger partial charge in [-0.05, 0) is 25.0 Å². The first-order valence-corrected chi connectivity index (χ1v) is 5.14. The highest BCUT2D eigenvalue weighted by atomic mass is 32.1. The van der Waals surface area contributed by atoms with E-state index in [1.807, 2.05) is 25.1 Å². The molecule has 74 valence electrons. The van der Waals surface area contributed by atoms with Crippen molar-refractivity contribution in [2.45, 2.75) is 25.3 Å². The van der Waals surface area contributed by atoms with E-state index in [0.717, 1.165) is 23.5 Å². The van der Waals surface area contributed by atoms with Gasteiger partial charge in [-0.15, -0.1) is 0 Å². The summed E-state index contributed by atoms with van der Waals surface area (Å²) in [5.41, 5.74) is 8.28.